The Morgan fingerprint density at radius 3 is 2.50 bits per heavy atom. The topological polar surface area (TPSA) is 29.1 Å². The molecule has 0 bridgehead atoms. The van der Waals surface area contributed by atoms with Crippen LogP contribution in [0.3, 0.4) is 0 Å². The second-order valence-corrected chi connectivity index (χ2v) is 5.68. The van der Waals surface area contributed by atoms with Crippen molar-refractivity contribution >= 4 is 56.8 Å². The zero-order valence-electron chi connectivity index (χ0n) is 10.2. The molecule has 0 saturated heterocycles. The first-order valence-electron chi connectivity index (χ1n) is 5.75. The van der Waals surface area contributed by atoms with Crippen LogP contribution in [0.5, 0.6) is 0 Å². The first-order chi connectivity index (χ1) is 9.56. The standard InChI is InChI=1S/C15H10BrCl2NO/c16-11-7-4-10(5-8-11)6-9-14(20)19-13-3-1-2-12(17)15(13)18/h1-9H,(H,19,20)/b9-6+. The lowest BCUT2D eigenvalue weighted by Gasteiger charge is -2.05. The summed E-state index contributed by atoms with van der Waals surface area (Å²) in [6.45, 7) is 0. The fraction of sp³-hybridized carbons (Fsp3) is 0. The molecule has 2 aromatic carbocycles. The van der Waals surface area contributed by atoms with Crippen LogP contribution >= 0.6 is 39.1 Å². The van der Waals surface area contributed by atoms with Crippen LogP contribution in [-0.4, -0.2) is 5.91 Å². The lowest BCUT2D eigenvalue weighted by atomic mass is 10.2. The molecule has 0 unspecified atom stereocenters. The molecule has 0 spiro atoms. The largest absolute Gasteiger partial charge is 0.321 e. The van der Waals surface area contributed by atoms with Crippen molar-refractivity contribution in [3.8, 4) is 0 Å². The molecule has 5 heteroatoms. The molecule has 0 heterocycles. The summed E-state index contributed by atoms with van der Waals surface area (Å²) in [4.78, 5) is 11.8. The average Bonchev–Trinajstić information content (AvgIpc) is 2.43. The Kier molecular flexibility index (Phi) is 5.24. The highest BCUT2D eigenvalue weighted by Gasteiger charge is 2.05. The number of nitrogens with one attached hydrogen (secondary N) is 1. The minimum absolute atomic E-state index is 0.267. The Morgan fingerprint density at radius 2 is 1.80 bits per heavy atom. The molecular formula is C15H10BrCl2NO. The number of hydrogen-bond donors (Lipinski definition) is 1. The molecule has 0 aliphatic carbocycles. The maximum atomic E-state index is 11.8. The van der Waals surface area contributed by atoms with E-state index in [1.54, 1.807) is 24.3 Å². The van der Waals surface area contributed by atoms with Gasteiger partial charge < -0.3 is 5.32 Å². The molecule has 2 aromatic rings. The van der Waals surface area contributed by atoms with Gasteiger partial charge in [-0.05, 0) is 35.9 Å². The molecule has 1 amide bonds. The fourth-order valence-electron chi connectivity index (χ4n) is 1.52. The minimum Gasteiger partial charge on any atom is -0.321 e. The summed E-state index contributed by atoms with van der Waals surface area (Å²) in [5.41, 5.74) is 1.42. The van der Waals surface area contributed by atoms with Crippen LogP contribution in [0.4, 0.5) is 5.69 Å². The number of amides is 1. The van der Waals surface area contributed by atoms with Crippen molar-refractivity contribution < 1.29 is 4.79 Å². The maximum absolute atomic E-state index is 11.8. The molecule has 2 nitrogen and oxygen atoms in total. The number of hydrogen-bond acceptors (Lipinski definition) is 1. The lowest BCUT2D eigenvalue weighted by Crippen LogP contribution is -2.08. The SMILES string of the molecule is O=C(/C=C/c1ccc(Br)cc1)Nc1cccc(Cl)c1Cl. The Hall–Kier alpha value is -1.29. The van der Waals surface area contributed by atoms with Gasteiger partial charge in [0.1, 0.15) is 0 Å². The van der Waals surface area contributed by atoms with Crippen LogP contribution in [0.15, 0.2) is 53.0 Å². The first-order valence-corrected chi connectivity index (χ1v) is 7.30. The zero-order chi connectivity index (χ0) is 14.5. The fourth-order valence-corrected chi connectivity index (χ4v) is 2.13. The van der Waals surface area contributed by atoms with Crippen molar-refractivity contribution in [2.24, 2.45) is 0 Å². The van der Waals surface area contributed by atoms with Crippen molar-refractivity contribution in [1.29, 1.82) is 0 Å². The minimum atomic E-state index is -0.267. The van der Waals surface area contributed by atoms with Crippen molar-refractivity contribution in [3.63, 3.8) is 0 Å². The van der Waals surface area contributed by atoms with Crippen molar-refractivity contribution in [2.45, 2.75) is 0 Å². The predicted octanol–water partition coefficient (Wildman–Crippen LogP) is 5.41. The molecule has 0 radical (unpaired) electrons. The number of benzene rings is 2. The maximum Gasteiger partial charge on any atom is 0.248 e. The van der Waals surface area contributed by atoms with E-state index in [1.807, 2.05) is 24.3 Å². The first kappa shape index (κ1) is 15.1. The van der Waals surface area contributed by atoms with Gasteiger partial charge in [-0.15, -0.1) is 0 Å². The highest BCUT2D eigenvalue weighted by Crippen LogP contribution is 2.29. The zero-order valence-corrected chi connectivity index (χ0v) is 13.3. The summed E-state index contributed by atoms with van der Waals surface area (Å²) in [5, 5.41) is 3.42. The van der Waals surface area contributed by atoms with E-state index in [-0.39, 0.29) is 5.91 Å². The summed E-state index contributed by atoms with van der Waals surface area (Å²) >= 11 is 15.2. The van der Waals surface area contributed by atoms with Crippen LogP contribution < -0.4 is 5.32 Å². The molecule has 20 heavy (non-hydrogen) atoms. The highest BCUT2D eigenvalue weighted by atomic mass is 79.9. The highest BCUT2D eigenvalue weighted by molar-refractivity contribution is 9.10. The van der Waals surface area contributed by atoms with E-state index >= 15 is 0 Å². The van der Waals surface area contributed by atoms with Crippen LogP contribution in [0.25, 0.3) is 6.08 Å². The monoisotopic (exact) mass is 369 g/mol. The number of anilines is 1. The third-order valence-corrected chi connectivity index (χ3v) is 3.85. The van der Waals surface area contributed by atoms with Crippen molar-refractivity contribution in [1.82, 2.24) is 0 Å². The van der Waals surface area contributed by atoms with Gasteiger partial charge in [-0.2, -0.15) is 0 Å². The lowest BCUT2D eigenvalue weighted by molar-refractivity contribution is -0.111. The van der Waals surface area contributed by atoms with E-state index in [1.165, 1.54) is 6.08 Å². The Labute approximate surface area is 135 Å². The molecule has 0 aliphatic rings. The molecule has 1 N–H and O–H groups in total. The second-order valence-electron chi connectivity index (χ2n) is 3.98. The Bertz CT molecular complexity index is 653. The van der Waals surface area contributed by atoms with E-state index in [9.17, 15) is 4.79 Å². The summed E-state index contributed by atoms with van der Waals surface area (Å²) in [5.74, 6) is -0.267. The number of carbonyl (C=O) groups is 1. The molecule has 2 rings (SSSR count). The summed E-state index contributed by atoms with van der Waals surface area (Å²) < 4.78 is 0.991. The number of halogens is 3. The second kappa shape index (κ2) is 6.93. The van der Waals surface area contributed by atoms with Crippen LogP contribution in [0.1, 0.15) is 5.56 Å². The van der Waals surface area contributed by atoms with Gasteiger partial charge in [-0.1, -0.05) is 57.3 Å². The van der Waals surface area contributed by atoms with E-state index in [4.69, 9.17) is 23.2 Å². The smallest absolute Gasteiger partial charge is 0.248 e. The average molecular weight is 371 g/mol. The van der Waals surface area contributed by atoms with E-state index in [0.717, 1.165) is 10.0 Å². The molecule has 0 fully saturated rings. The molecule has 102 valence electrons. The Morgan fingerprint density at radius 1 is 1.10 bits per heavy atom. The Balaban J connectivity index is 2.05. The predicted molar refractivity (Wildman–Crippen MR) is 88.3 cm³/mol. The van der Waals surface area contributed by atoms with Gasteiger partial charge in [0.05, 0.1) is 15.7 Å². The molecular weight excluding hydrogens is 361 g/mol. The van der Waals surface area contributed by atoms with Crippen LogP contribution in [0, 0.1) is 0 Å². The third kappa shape index (κ3) is 4.10. The van der Waals surface area contributed by atoms with Crippen molar-refractivity contribution in [3.05, 3.63) is 68.6 Å². The van der Waals surface area contributed by atoms with Crippen molar-refractivity contribution in [2.75, 3.05) is 5.32 Å². The van der Waals surface area contributed by atoms with Gasteiger partial charge in [-0.3, -0.25) is 4.79 Å². The summed E-state index contributed by atoms with van der Waals surface area (Å²) in [7, 11) is 0. The van der Waals surface area contributed by atoms with Gasteiger partial charge >= 0.3 is 0 Å². The molecule has 0 saturated carbocycles. The van der Waals surface area contributed by atoms with E-state index in [2.05, 4.69) is 21.2 Å². The van der Waals surface area contributed by atoms with Gasteiger partial charge in [0.2, 0.25) is 5.91 Å². The van der Waals surface area contributed by atoms with Crippen LogP contribution in [-0.2, 0) is 4.79 Å². The van der Waals surface area contributed by atoms with E-state index < -0.39 is 0 Å². The molecule has 0 atom stereocenters. The summed E-state index contributed by atoms with van der Waals surface area (Å²) in [6, 6.07) is 12.7. The quantitative estimate of drug-likeness (QED) is 0.719. The third-order valence-electron chi connectivity index (χ3n) is 2.51. The number of carbonyl (C=O) groups excluding carboxylic acids is 1. The van der Waals surface area contributed by atoms with Gasteiger partial charge in [0, 0.05) is 10.5 Å². The van der Waals surface area contributed by atoms with Gasteiger partial charge in [0.15, 0.2) is 0 Å². The summed E-state index contributed by atoms with van der Waals surface area (Å²) in [6.07, 6.45) is 3.17. The van der Waals surface area contributed by atoms with Gasteiger partial charge in [0.25, 0.3) is 0 Å². The van der Waals surface area contributed by atoms with Crippen LogP contribution in [0.2, 0.25) is 10.0 Å². The molecule has 0 aliphatic heterocycles. The normalized spacial score (nSPS) is 10.8. The van der Waals surface area contributed by atoms with Gasteiger partial charge in [-0.25, -0.2) is 0 Å². The molecule has 0 aromatic heterocycles. The number of rotatable bonds is 3. The van der Waals surface area contributed by atoms with E-state index in [0.29, 0.717) is 15.7 Å².